The van der Waals surface area contributed by atoms with E-state index in [1.54, 1.807) is 30.3 Å². The molecule has 0 saturated carbocycles. The highest BCUT2D eigenvalue weighted by molar-refractivity contribution is 5.82. The summed E-state index contributed by atoms with van der Waals surface area (Å²) in [5.41, 5.74) is 2.02. The number of aromatic nitrogens is 1. The number of ether oxygens (including phenoxy) is 2. The zero-order chi connectivity index (χ0) is 21.8. The lowest BCUT2D eigenvalue weighted by molar-refractivity contribution is -0.133. The van der Waals surface area contributed by atoms with E-state index in [2.05, 4.69) is 9.88 Å². The summed E-state index contributed by atoms with van der Waals surface area (Å²) in [5, 5.41) is 0.880. The van der Waals surface area contributed by atoms with Crippen molar-refractivity contribution in [2.45, 2.75) is 13.3 Å². The van der Waals surface area contributed by atoms with Crippen molar-refractivity contribution in [1.29, 1.82) is 0 Å². The Balaban J connectivity index is 1.33. The minimum absolute atomic E-state index is 0.0622. The quantitative estimate of drug-likeness (QED) is 0.563. The van der Waals surface area contributed by atoms with Gasteiger partial charge < -0.3 is 23.7 Å². The van der Waals surface area contributed by atoms with E-state index < -0.39 is 0 Å². The van der Waals surface area contributed by atoms with E-state index in [0.717, 1.165) is 36.1 Å². The number of fused-ring (bicyclic) bond motifs is 1. The lowest BCUT2D eigenvalue weighted by atomic mass is 10.1. The fourth-order valence-electron chi connectivity index (χ4n) is 3.72. The first-order valence-corrected chi connectivity index (χ1v) is 10.3. The van der Waals surface area contributed by atoms with E-state index in [9.17, 15) is 9.59 Å². The van der Waals surface area contributed by atoms with Crippen molar-refractivity contribution in [2.24, 2.45) is 0 Å². The van der Waals surface area contributed by atoms with Crippen LogP contribution in [0.3, 0.4) is 0 Å². The van der Waals surface area contributed by atoms with Crippen LogP contribution in [0.2, 0.25) is 0 Å². The van der Waals surface area contributed by atoms with Gasteiger partial charge in [-0.3, -0.25) is 4.79 Å². The zero-order valence-corrected chi connectivity index (χ0v) is 17.7. The average Bonchev–Trinajstić information content (AvgIpc) is 2.81. The number of methoxy groups -OCH3 is 1. The second kappa shape index (κ2) is 9.07. The van der Waals surface area contributed by atoms with Crippen molar-refractivity contribution < 1.29 is 18.7 Å². The molecule has 1 fully saturated rings. The molecule has 1 saturated heterocycles. The van der Waals surface area contributed by atoms with Crippen molar-refractivity contribution >= 4 is 22.6 Å². The summed E-state index contributed by atoms with van der Waals surface area (Å²) in [4.78, 5) is 32.5. The van der Waals surface area contributed by atoms with E-state index in [0.29, 0.717) is 30.3 Å². The summed E-state index contributed by atoms with van der Waals surface area (Å²) in [6.45, 7) is 4.60. The molecule has 1 amide bonds. The number of nitrogens with zero attached hydrogens (tertiary/aromatic N) is 3. The molecule has 0 aliphatic carbocycles. The Morgan fingerprint density at radius 2 is 1.94 bits per heavy atom. The minimum atomic E-state index is -0.387. The molecule has 4 rings (SSSR count). The van der Waals surface area contributed by atoms with Gasteiger partial charge >= 0.3 is 5.63 Å². The summed E-state index contributed by atoms with van der Waals surface area (Å²) in [5.74, 6) is 1.00. The van der Waals surface area contributed by atoms with Gasteiger partial charge in [0.05, 0.1) is 19.0 Å². The Morgan fingerprint density at radius 3 is 2.61 bits per heavy atom. The largest absolute Gasteiger partial charge is 0.484 e. The monoisotopic (exact) mass is 423 g/mol. The number of anilines is 1. The Hall–Kier alpha value is -3.55. The molecule has 0 N–H and O–H groups in total. The maximum atomic E-state index is 12.6. The predicted molar refractivity (Wildman–Crippen MR) is 117 cm³/mol. The molecule has 0 unspecified atom stereocenters. The van der Waals surface area contributed by atoms with Gasteiger partial charge in [-0.1, -0.05) is 6.92 Å². The van der Waals surface area contributed by atoms with Gasteiger partial charge in [0.25, 0.3) is 5.91 Å². The van der Waals surface area contributed by atoms with E-state index in [1.807, 2.05) is 25.1 Å². The Labute approximate surface area is 180 Å². The molecule has 1 aliphatic rings. The second-order valence-corrected chi connectivity index (χ2v) is 7.32. The molecule has 1 aliphatic heterocycles. The van der Waals surface area contributed by atoms with Crippen LogP contribution in [-0.4, -0.2) is 55.7 Å². The van der Waals surface area contributed by atoms with Crippen LogP contribution in [0.4, 0.5) is 5.69 Å². The summed E-state index contributed by atoms with van der Waals surface area (Å²) in [7, 11) is 1.59. The highest BCUT2D eigenvalue weighted by atomic mass is 16.5. The molecule has 3 heterocycles. The summed E-state index contributed by atoms with van der Waals surface area (Å²) in [6, 6.07) is 10.6. The van der Waals surface area contributed by atoms with Crippen LogP contribution >= 0.6 is 0 Å². The van der Waals surface area contributed by atoms with Gasteiger partial charge in [0.2, 0.25) is 5.88 Å². The fraction of sp³-hybridized carbons (Fsp3) is 0.348. The van der Waals surface area contributed by atoms with Gasteiger partial charge in [-0.15, -0.1) is 0 Å². The lowest BCUT2D eigenvalue weighted by Crippen LogP contribution is -2.50. The van der Waals surface area contributed by atoms with Crippen molar-refractivity contribution in [3.63, 3.8) is 0 Å². The molecule has 31 heavy (non-hydrogen) atoms. The van der Waals surface area contributed by atoms with Crippen LogP contribution in [0.15, 0.2) is 51.8 Å². The zero-order valence-electron chi connectivity index (χ0n) is 17.7. The van der Waals surface area contributed by atoms with Crippen molar-refractivity contribution in [2.75, 3.05) is 44.8 Å². The van der Waals surface area contributed by atoms with Crippen LogP contribution in [0.1, 0.15) is 12.5 Å². The topological polar surface area (TPSA) is 85.1 Å². The van der Waals surface area contributed by atoms with Gasteiger partial charge in [-0.05, 0) is 30.2 Å². The third kappa shape index (κ3) is 4.63. The van der Waals surface area contributed by atoms with Crippen LogP contribution in [0, 0.1) is 0 Å². The highest BCUT2D eigenvalue weighted by Crippen LogP contribution is 2.23. The molecule has 3 aromatic rings. The van der Waals surface area contributed by atoms with Crippen LogP contribution in [-0.2, 0) is 11.2 Å². The number of carbonyl (C=O) groups is 1. The first-order valence-electron chi connectivity index (χ1n) is 10.3. The fourth-order valence-corrected chi connectivity index (χ4v) is 3.72. The highest BCUT2D eigenvalue weighted by Gasteiger charge is 2.22. The van der Waals surface area contributed by atoms with Crippen LogP contribution in [0.25, 0.3) is 11.0 Å². The Morgan fingerprint density at radius 1 is 1.13 bits per heavy atom. The first-order chi connectivity index (χ1) is 15.1. The third-order valence-electron chi connectivity index (χ3n) is 5.47. The predicted octanol–water partition coefficient (Wildman–Crippen LogP) is 2.49. The smallest absolute Gasteiger partial charge is 0.336 e. The molecule has 0 spiro atoms. The van der Waals surface area contributed by atoms with Gasteiger partial charge in [0.15, 0.2) is 6.61 Å². The average molecular weight is 423 g/mol. The third-order valence-corrected chi connectivity index (χ3v) is 5.47. The van der Waals surface area contributed by atoms with Gasteiger partial charge in [-0.25, -0.2) is 9.78 Å². The number of pyridine rings is 1. The molecule has 0 radical (unpaired) electrons. The lowest BCUT2D eigenvalue weighted by Gasteiger charge is -2.35. The van der Waals surface area contributed by atoms with Crippen molar-refractivity contribution in [3.8, 4) is 11.6 Å². The molecular weight excluding hydrogens is 398 g/mol. The maximum Gasteiger partial charge on any atom is 0.336 e. The summed E-state index contributed by atoms with van der Waals surface area (Å²) >= 11 is 0. The van der Waals surface area contributed by atoms with E-state index in [-0.39, 0.29) is 18.1 Å². The second-order valence-electron chi connectivity index (χ2n) is 7.32. The van der Waals surface area contributed by atoms with Crippen LogP contribution < -0.4 is 20.0 Å². The maximum absolute atomic E-state index is 12.6. The summed E-state index contributed by atoms with van der Waals surface area (Å²) in [6.07, 6.45) is 2.51. The number of aryl methyl sites for hydroxylation is 1. The SMILES string of the molecule is CCc1cc(=O)oc2cc(OCC(=O)N3CCN(c4ccc(OC)nc4)CC3)ccc12. The number of hydrogen-bond donors (Lipinski definition) is 0. The van der Waals surface area contributed by atoms with E-state index in [4.69, 9.17) is 13.9 Å². The van der Waals surface area contributed by atoms with E-state index >= 15 is 0 Å². The van der Waals surface area contributed by atoms with Gasteiger partial charge in [-0.2, -0.15) is 0 Å². The number of piperazine rings is 1. The molecule has 1 aromatic carbocycles. The molecule has 162 valence electrons. The minimum Gasteiger partial charge on any atom is -0.484 e. The van der Waals surface area contributed by atoms with E-state index in [1.165, 1.54) is 6.07 Å². The number of benzene rings is 1. The number of hydrogen-bond acceptors (Lipinski definition) is 7. The normalized spacial score (nSPS) is 14.0. The number of amides is 1. The number of rotatable bonds is 6. The molecule has 8 heteroatoms. The molecule has 0 atom stereocenters. The molecule has 2 aromatic heterocycles. The van der Waals surface area contributed by atoms with Crippen molar-refractivity contribution in [1.82, 2.24) is 9.88 Å². The Kier molecular flexibility index (Phi) is 6.06. The summed E-state index contributed by atoms with van der Waals surface area (Å²) < 4.78 is 16.1. The first kappa shape index (κ1) is 20.7. The van der Waals surface area contributed by atoms with Gasteiger partial charge in [0, 0.05) is 49.8 Å². The van der Waals surface area contributed by atoms with Crippen LogP contribution in [0.5, 0.6) is 11.6 Å². The molecule has 8 nitrogen and oxygen atoms in total. The standard InChI is InChI=1S/C23H25N3O5/c1-3-16-12-23(28)31-20-13-18(5-6-19(16)20)30-15-22(27)26-10-8-25(9-11-26)17-4-7-21(29-2)24-14-17/h4-7,12-14H,3,8-11,15H2,1-2H3. The number of carbonyl (C=O) groups excluding carboxylic acids is 1. The molecular formula is C23H25N3O5. The Bertz CT molecular complexity index is 1120. The van der Waals surface area contributed by atoms with Crippen molar-refractivity contribution in [3.05, 3.63) is 58.6 Å². The molecule has 0 bridgehead atoms. The van der Waals surface area contributed by atoms with Gasteiger partial charge in [0.1, 0.15) is 11.3 Å².